The molecule has 0 unspecified atom stereocenters. The molecule has 0 saturated heterocycles. The van der Waals surface area contributed by atoms with E-state index in [4.69, 9.17) is 9.47 Å². The van der Waals surface area contributed by atoms with E-state index in [1.54, 1.807) is 26.4 Å². The third kappa shape index (κ3) is 6.93. The van der Waals surface area contributed by atoms with Crippen LogP contribution in [0.15, 0.2) is 73.2 Å². The first-order valence-electron chi connectivity index (χ1n) is 13.6. The van der Waals surface area contributed by atoms with Gasteiger partial charge in [-0.3, -0.25) is 29.6 Å². The molecule has 5 rings (SSSR count). The number of hydrogen-bond acceptors (Lipinski definition) is 9. The van der Waals surface area contributed by atoms with Crippen LogP contribution in [0, 0.1) is 10.1 Å². The number of benzene rings is 3. The second-order valence-electron chi connectivity index (χ2n) is 9.93. The number of aromatic nitrogens is 2. The van der Waals surface area contributed by atoms with Crippen LogP contribution >= 0.6 is 0 Å². The number of nitro benzene ring substituents is 1. The van der Waals surface area contributed by atoms with E-state index in [0.29, 0.717) is 5.69 Å². The lowest BCUT2D eigenvalue weighted by Gasteiger charge is -2.29. The predicted octanol–water partition coefficient (Wildman–Crippen LogP) is 4.51. The highest BCUT2D eigenvalue weighted by Crippen LogP contribution is 2.33. The molecule has 2 amide bonds. The number of nitro groups is 1. The zero-order chi connectivity index (χ0) is 30.3. The van der Waals surface area contributed by atoms with E-state index >= 15 is 0 Å². The standard InChI is InChI=1S/C31H30N6O6/c1-42-28-15-21-10-14-36(19-22(21)16-29(28)43-2)13-9-20-3-5-23(6-4-20)34-30(38)25-8-7-24(37(40)41)17-26(25)35-31(39)27-18-32-11-12-33-27/h3-8,11-12,15-18H,9-10,13-14,19H2,1-2H3,(H,34,38)(H,35,39). The maximum atomic E-state index is 13.2. The quantitative estimate of drug-likeness (QED) is 0.203. The van der Waals surface area contributed by atoms with Crippen LogP contribution < -0.4 is 20.1 Å². The van der Waals surface area contributed by atoms with E-state index in [-0.39, 0.29) is 22.6 Å². The Morgan fingerprint density at radius 1 is 0.953 bits per heavy atom. The number of methoxy groups -OCH3 is 2. The van der Waals surface area contributed by atoms with Crippen LogP contribution in [0.25, 0.3) is 0 Å². The van der Waals surface area contributed by atoms with Gasteiger partial charge < -0.3 is 20.1 Å². The van der Waals surface area contributed by atoms with Crippen molar-refractivity contribution in [2.75, 3.05) is 37.9 Å². The first-order chi connectivity index (χ1) is 20.8. The summed E-state index contributed by atoms with van der Waals surface area (Å²) < 4.78 is 10.9. The fraction of sp³-hybridized carbons (Fsp3) is 0.226. The van der Waals surface area contributed by atoms with Crippen molar-refractivity contribution in [2.45, 2.75) is 19.4 Å². The molecule has 1 aromatic heterocycles. The number of rotatable bonds is 10. The molecule has 220 valence electrons. The molecule has 2 N–H and O–H groups in total. The molecule has 4 aromatic rings. The van der Waals surface area contributed by atoms with Crippen molar-refractivity contribution in [1.82, 2.24) is 14.9 Å². The summed E-state index contributed by atoms with van der Waals surface area (Å²) in [5.41, 5.74) is 3.95. The molecule has 2 heterocycles. The second kappa shape index (κ2) is 13.1. The van der Waals surface area contributed by atoms with Crippen LogP contribution in [0.1, 0.15) is 37.5 Å². The molecule has 12 heteroatoms. The van der Waals surface area contributed by atoms with Crippen molar-refractivity contribution in [3.05, 3.63) is 111 Å². The number of hydrogen-bond donors (Lipinski definition) is 2. The fourth-order valence-corrected chi connectivity index (χ4v) is 4.92. The summed E-state index contributed by atoms with van der Waals surface area (Å²) in [4.78, 5) is 46.7. The number of carbonyl (C=O) groups is 2. The highest BCUT2D eigenvalue weighted by atomic mass is 16.6. The molecule has 0 spiro atoms. The Labute approximate surface area is 247 Å². The number of fused-ring (bicyclic) bond motifs is 1. The average molecular weight is 583 g/mol. The van der Waals surface area contributed by atoms with E-state index in [2.05, 4.69) is 37.6 Å². The molecule has 0 fully saturated rings. The monoisotopic (exact) mass is 582 g/mol. The van der Waals surface area contributed by atoms with Crippen LogP contribution in [-0.4, -0.2) is 58.9 Å². The summed E-state index contributed by atoms with van der Waals surface area (Å²) in [6.07, 6.45) is 5.78. The van der Waals surface area contributed by atoms with Gasteiger partial charge in [0, 0.05) is 49.8 Å². The summed E-state index contributed by atoms with van der Waals surface area (Å²) in [5, 5.41) is 16.7. The number of non-ortho nitro benzene ring substituents is 1. The lowest BCUT2D eigenvalue weighted by Crippen LogP contribution is -2.32. The van der Waals surface area contributed by atoms with Crippen molar-refractivity contribution < 1.29 is 24.0 Å². The molecule has 1 aliphatic heterocycles. The van der Waals surface area contributed by atoms with Gasteiger partial charge in [-0.25, -0.2) is 4.98 Å². The van der Waals surface area contributed by atoms with Gasteiger partial charge >= 0.3 is 0 Å². The summed E-state index contributed by atoms with van der Waals surface area (Å²) in [6.45, 7) is 2.65. The maximum Gasteiger partial charge on any atom is 0.275 e. The molecule has 43 heavy (non-hydrogen) atoms. The van der Waals surface area contributed by atoms with Crippen LogP contribution in [0.4, 0.5) is 17.1 Å². The lowest BCUT2D eigenvalue weighted by molar-refractivity contribution is -0.384. The number of anilines is 2. The minimum atomic E-state index is -0.650. The van der Waals surface area contributed by atoms with Crippen LogP contribution in [0.5, 0.6) is 11.5 Å². The number of ether oxygens (including phenoxy) is 2. The van der Waals surface area contributed by atoms with Gasteiger partial charge in [-0.2, -0.15) is 0 Å². The van der Waals surface area contributed by atoms with Crippen LogP contribution in [0.2, 0.25) is 0 Å². The number of nitrogens with one attached hydrogen (secondary N) is 2. The van der Waals surface area contributed by atoms with E-state index < -0.39 is 16.7 Å². The summed E-state index contributed by atoms with van der Waals surface area (Å²) in [5.74, 6) is 0.298. The summed E-state index contributed by atoms with van der Waals surface area (Å²) in [6, 6.07) is 15.3. The molecule has 0 saturated carbocycles. The molecule has 1 aliphatic rings. The van der Waals surface area contributed by atoms with Crippen molar-refractivity contribution in [2.24, 2.45) is 0 Å². The third-order valence-electron chi connectivity index (χ3n) is 7.23. The molecule has 0 bridgehead atoms. The van der Waals surface area contributed by atoms with E-state index in [9.17, 15) is 19.7 Å². The molecule has 0 aliphatic carbocycles. The normalized spacial score (nSPS) is 12.6. The van der Waals surface area contributed by atoms with Crippen LogP contribution in [-0.2, 0) is 19.4 Å². The largest absolute Gasteiger partial charge is 0.493 e. The number of nitrogens with zero attached hydrogens (tertiary/aromatic N) is 4. The molecule has 12 nitrogen and oxygen atoms in total. The van der Waals surface area contributed by atoms with Crippen LogP contribution in [0.3, 0.4) is 0 Å². The van der Waals surface area contributed by atoms with Crippen molar-refractivity contribution >= 4 is 28.9 Å². The van der Waals surface area contributed by atoms with E-state index in [0.717, 1.165) is 55.6 Å². The van der Waals surface area contributed by atoms with Crippen molar-refractivity contribution in [3.63, 3.8) is 0 Å². The minimum Gasteiger partial charge on any atom is -0.493 e. The Kier molecular flexibility index (Phi) is 8.87. The van der Waals surface area contributed by atoms with Gasteiger partial charge in [-0.1, -0.05) is 12.1 Å². The molecular formula is C31H30N6O6. The molecule has 3 aromatic carbocycles. The topological polar surface area (TPSA) is 149 Å². The Morgan fingerprint density at radius 3 is 2.37 bits per heavy atom. The lowest BCUT2D eigenvalue weighted by atomic mass is 9.98. The first-order valence-corrected chi connectivity index (χ1v) is 13.6. The minimum absolute atomic E-state index is 0.00433. The predicted molar refractivity (Wildman–Crippen MR) is 160 cm³/mol. The Balaban J connectivity index is 1.22. The average Bonchev–Trinajstić information content (AvgIpc) is 3.03. The Bertz CT molecular complexity index is 1650. The molecular weight excluding hydrogens is 552 g/mol. The first kappa shape index (κ1) is 29.1. The van der Waals surface area contributed by atoms with Gasteiger partial charge in [0.15, 0.2) is 11.5 Å². The Morgan fingerprint density at radius 2 is 1.70 bits per heavy atom. The fourth-order valence-electron chi connectivity index (χ4n) is 4.92. The third-order valence-corrected chi connectivity index (χ3v) is 7.23. The number of amides is 2. The maximum absolute atomic E-state index is 13.2. The summed E-state index contributed by atoms with van der Waals surface area (Å²) >= 11 is 0. The van der Waals surface area contributed by atoms with Gasteiger partial charge in [0.1, 0.15) is 5.69 Å². The van der Waals surface area contributed by atoms with Crippen molar-refractivity contribution in [3.8, 4) is 11.5 Å². The molecule has 0 radical (unpaired) electrons. The highest BCUT2D eigenvalue weighted by molar-refractivity contribution is 6.12. The second-order valence-corrected chi connectivity index (χ2v) is 9.93. The Hall–Kier alpha value is -5.36. The van der Waals surface area contributed by atoms with Gasteiger partial charge in [-0.05, 0) is 59.9 Å². The smallest absolute Gasteiger partial charge is 0.275 e. The van der Waals surface area contributed by atoms with Gasteiger partial charge in [0.25, 0.3) is 17.5 Å². The van der Waals surface area contributed by atoms with E-state index in [1.807, 2.05) is 12.1 Å². The van der Waals surface area contributed by atoms with Gasteiger partial charge in [-0.15, -0.1) is 0 Å². The zero-order valence-electron chi connectivity index (χ0n) is 23.7. The van der Waals surface area contributed by atoms with Gasteiger partial charge in [0.05, 0.1) is 36.6 Å². The molecule has 0 atom stereocenters. The SMILES string of the molecule is COc1cc2c(cc1OC)CN(CCc1ccc(NC(=O)c3ccc([N+](=O)[O-])cc3NC(=O)c3cnccn3)cc1)CC2. The van der Waals surface area contributed by atoms with E-state index in [1.165, 1.54) is 41.9 Å². The number of carbonyl (C=O) groups excluding carboxylic acids is 2. The summed E-state index contributed by atoms with van der Waals surface area (Å²) in [7, 11) is 3.28. The van der Waals surface area contributed by atoms with Crippen molar-refractivity contribution in [1.29, 1.82) is 0 Å². The zero-order valence-corrected chi connectivity index (χ0v) is 23.7. The highest BCUT2D eigenvalue weighted by Gasteiger charge is 2.21. The van der Waals surface area contributed by atoms with Gasteiger partial charge in [0.2, 0.25) is 0 Å².